The highest BCUT2D eigenvalue weighted by molar-refractivity contribution is 7.98. The molecule has 0 atom stereocenters. The van der Waals surface area contributed by atoms with Crippen LogP contribution in [0.3, 0.4) is 0 Å². The van der Waals surface area contributed by atoms with Crippen molar-refractivity contribution >= 4 is 41.2 Å². The number of urea groups is 1. The molecule has 0 aliphatic carbocycles. The van der Waals surface area contributed by atoms with E-state index in [1.807, 2.05) is 48.5 Å². The summed E-state index contributed by atoms with van der Waals surface area (Å²) in [5.74, 6) is -1.77. The Kier molecular flexibility index (Phi) is 6.85. The maximum absolute atomic E-state index is 12.7. The fraction of sp³-hybridized carbons (Fsp3) is 0.120. The smallest absolute Gasteiger partial charge is 0.324 e. The molecule has 1 heterocycles. The molecule has 0 aromatic heterocycles. The quantitative estimate of drug-likeness (QED) is 0.314. The van der Waals surface area contributed by atoms with Crippen LogP contribution in [0.4, 0.5) is 10.5 Å². The van der Waals surface area contributed by atoms with Crippen molar-refractivity contribution in [3.8, 4) is 0 Å². The number of hydrogen-bond acceptors (Lipinski definition) is 5. The Morgan fingerprint density at radius 3 is 2.00 bits per heavy atom. The Hall–Kier alpha value is -3.91. The van der Waals surface area contributed by atoms with Crippen molar-refractivity contribution in [2.45, 2.75) is 17.2 Å². The molecular weight excluding hydrogens is 438 g/mol. The molecule has 1 aliphatic heterocycles. The number of carbonyl (C=O) groups is 4. The van der Waals surface area contributed by atoms with E-state index in [4.69, 9.17) is 0 Å². The maximum Gasteiger partial charge on any atom is 0.335 e. The Morgan fingerprint density at radius 1 is 0.727 bits per heavy atom. The molecule has 7 nitrogen and oxygen atoms in total. The molecule has 1 saturated heterocycles. The second-order valence-corrected chi connectivity index (χ2v) is 8.39. The van der Waals surface area contributed by atoms with E-state index in [1.165, 1.54) is 0 Å². The summed E-state index contributed by atoms with van der Waals surface area (Å²) in [5, 5.41) is 2.76. The third-order valence-electron chi connectivity index (χ3n) is 5.02. The number of hydrogen-bond donors (Lipinski definition) is 1. The number of anilines is 1. The van der Waals surface area contributed by atoms with Crippen molar-refractivity contribution < 1.29 is 19.2 Å². The molecule has 0 unspecified atom stereocenters. The zero-order valence-corrected chi connectivity index (χ0v) is 18.5. The molecule has 0 radical (unpaired) electrons. The van der Waals surface area contributed by atoms with Crippen LogP contribution in [0.5, 0.6) is 0 Å². The second kappa shape index (κ2) is 10.1. The van der Waals surface area contributed by atoms with Gasteiger partial charge in [0.1, 0.15) is 6.54 Å². The predicted molar refractivity (Wildman–Crippen MR) is 125 cm³/mol. The molecule has 3 aromatic rings. The van der Waals surface area contributed by atoms with Crippen LogP contribution < -0.4 is 5.32 Å². The van der Waals surface area contributed by atoms with Gasteiger partial charge in [-0.15, -0.1) is 11.8 Å². The van der Waals surface area contributed by atoms with Crippen LogP contribution in [0, 0.1) is 0 Å². The van der Waals surface area contributed by atoms with Crippen molar-refractivity contribution in [1.29, 1.82) is 0 Å². The Morgan fingerprint density at radius 2 is 1.30 bits per heavy atom. The number of thioether (sulfide) groups is 1. The summed E-state index contributed by atoms with van der Waals surface area (Å²) in [7, 11) is 0. The summed E-state index contributed by atoms with van der Waals surface area (Å²) in [4.78, 5) is 52.4. The average molecular weight is 460 g/mol. The van der Waals surface area contributed by atoms with Crippen LogP contribution in [-0.4, -0.2) is 40.1 Å². The highest BCUT2D eigenvalue weighted by Gasteiger charge is 2.45. The molecule has 4 rings (SSSR count). The highest BCUT2D eigenvalue weighted by atomic mass is 32.2. The van der Waals surface area contributed by atoms with Gasteiger partial charge in [-0.05, 0) is 23.3 Å². The lowest BCUT2D eigenvalue weighted by Crippen LogP contribution is -2.38. The van der Waals surface area contributed by atoms with E-state index in [2.05, 4.69) is 5.32 Å². The largest absolute Gasteiger partial charge is 0.335 e. The fourth-order valence-electron chi connectivity index (χ4n) is 3.36. The molecule has 0 spiro atoms. The third kappa shape index (κ3) is 5.30. The number of benzene rings is 3. The lowest BCUT2D eigenvalue weighted by molar-refractivity contribution is -0.143. The standard InChI is InChI=1S/C25H21N3O4S/c29-22(26-20-13-7-8-14-21(20)33-17-19-11-5-2-6-12-19)16-28-24(31)23(30)27(25(28)32)15-18-9-3-1-4-10-18/h1-14H,15-17H2,(H,26,29). The molecule has 0 bridgehead atoms. The first-order valence-corrected chi connectivity index (χ1v) is 11.3. The Labute approximate surface area is 195 Å². The number of para-hydroxylation sites is 1. The van der Waals surface area contributed by atoms with Gasteiger partial charge in [-0.2, -0.15) is 0 Å². The molecule has 1 N–H and O–H groups in total. The van der Waals surface area contributed by atoms with Gasteiger partial charge < -0.3 is 5.32 Å². The molecule has 8 heteroatoms. The summed E-state index contributed by atoms with van der Waals surface area (Å²) < 4.78 is 0. The van der Waals surface area contributed by atoms with Crippen LogP contribution in [-0.2, 0) is 26.7 Å². The van der Waals surface area contributed by atoms with Gasteiger partial charge in [-0.25, -0.2) is 9.69 Å². The third-order valence-corrected chi connectivity index (χ3v) is 6.16. The van der Waals surface area contributed by atoms with E-state index in [1.54, 1.807) is 48.2 Å². The SMILES string of the molecule is O=C(CN1C(=O)C(=O)N(Cc2ccccc2)C1=O)Nc1ccccc1SCc1ccccc1. The maximum atomic E-state index is 12.7. The van der Waals surface area contributed by atoms with E-state index in [0.717, 1.165) is 21.1 Å². The first kappa shape index (κ1) is 22.3. The number of rotatable bonds is 8. The molecule has 3 aromatic carbocycles. The molecule has 0 saturated carbocycles. The molecule has 5 amide bonds. The van der Waals surface area contributed by atoms with Crippen molar-refractivity contribution in [3.63, 3.8) is 0 Å². The minimum Gasteiger partial charge on any atom is -0.324 e. The predicted octanol–water partition coefficient (Wildman–Crippen LogP) is 3.91. The zero-order valence-electron chi connectivity index (χ0n) is 17.6. The topological polar surface area (TPSA) is 86.8 Å². The summed E-state index contributed by atoms with van der Waals surface area (Å²) in [5.41, 5.74) is 2.44. The lowest BCUT2D eigenvalue weighted by atomic mass is 10.2. The average Bonchev–Trinajstić information content (AvgIpc) is 3.03. The lowest BCUT2D eigenvalue weighted by Gasteiger charge is -2.16. The van der Waals surface area contributed by atoms with Gasteiger partial charge in [0.2, 0.25) is 5.91 Å². The fourth-order valence-corrected chi connectivity index (χ4v) is 4.32. The monoisotopic (exact) mass is 459 g/mol. The summed E-state index contributed by atoms with van der Waals surface area (Å²) in [6, 6.07) is 25.3. The van der Waals surface area contributed by atoms with E-state index in [0.29, 0.717) is 16.2 Å². The molecule has 166 valence electrons. The molecule has 1 aliphatic rings. The number of carbonyl (C=O) groups excluding carboxylic acids is 4. The normalized spacial score (nSPS) is 13.5. The Bertz CT molecular complexity index is 1180. The molecular formula is C25H21N3O4S. The first-order valence-electron chi connectivity index (χ1n) is 10.3. The minimum absolute atomic E-state index is 0.0265. The number of imide groups is 2. The van der Waals surface area contributed by atoms with E-state index < -0.39 is 30.3 Å². The van der Waals surface area contributed by atoms with Crippen LogP contribution in [0.15, 0.2) is 89.8 Å². The van der Waals surface area contributed by atoms with Crippen LogP contribution in [0.2, 0.25) is 0 Å². The minimum atomic E-state index is -1.00. The molecule has 1 fully saturated rings. The zero-order chi connectivity index (χ0) is 23.2. The number of nitrogens with zero attached hydrogens (tertiary/aromatic N) is 2. The van der Waals surface area contributed by atoms with Crippen LogP contribution in [0.25, 0.3) is 0 Å². The van der Waals surface area contributed by atoms with Gasteiger partial charge in [0.05, 0.1) is 12.2 Å². The van der Waals surface area contributed by atoms with E-state index in [-0.39, 0.29) is 6.54 Å². The van der Waals surface area contributed by atoms with Gasteiger partial charge >= 0.3 is 17.8 Å². The van der Waals surface area contributed by atoms with Gasteiger partial charge in [0.15, 0.2) is 0 Å². The van der Waals surface area contributed by atoms with Gasteiger partial charge in [0.25, 0.3) is 0 Å². The van der Waals surface area contributed by atoms with Gasteiger partial charge in [-0.3, -0.25) is 19.3 Å². The number of nitrogens with one attached hydrogen (secondary N) is 1. The van der Waals surface area contributed by atoms with E-state index in [9.17, 15) is 19.2 Å². The second-order valence-electron chi connectivity index (χ2n) is 7.37. The summed E-state index contributed by atoms with van der Waals surface area (Å²) in [6.45, 7) is -0.562. The van der Waals surface area contributed by atoms with Gasteiger partial charge in [-0.1, -0.05) is 72.8 Å². The molecule has 33 heavy (non-hydrogen) atoms. The summed E-state index contributed by atoms with van der Waals surface area (Å²) >= 11 is 1.56. The summed E-state index contributed by atoms with van der Waals surface area (Å²) in [6.07, 6.45) is 0. The highest BCUT2D eigenvalue weighted by Crippen LogP contribution is 2.30. The van der Waals surface area contributed by atoms with Crippen molar-refractivity contribution in [2.24, 2.45) is 0 Å². The van der Waals surface area contributed by atoms with Crippen molar-refractivity contribution in [3.05, 3.63) is 96.1 Å². The van der Waals surface area contributed by atoms with Crippen LogP contribution >= 0.6 is 11.8 Å². The number of amides is 5. The van der Waals surface area contributed by atoms with Crippen molar-refractivity contribution in [1.82, 2.24) is 9.80 Å². The van der Waals surface area contributed by atoms with Crippen molar-refractivity contribution in [2.75, 3.05) is 11.9 Å². The first-order chi connectivity index (χ1) is 16.0. The van der Waals surface area contributed by atoms with E-state index >= 15 is 0 Å². The Balaban J connectivity index is 1.40. The van der Waals surface area contributed by atoms with Crippen LogP contribution in [0.1, 0.15) is 11.1 Å². The van der Waals surface area contributed by atoms with Gasteiger partial charge in [0, 0.05) is 10.6 Å².